The largest absolute Gasteiger partial charge is 0.462 e. The first-order valence-corrected chi connectivity index (χ1v) is 9.91. The average molecular weight is 407 g/mol. The lowest BCUT2D eigenvalue weighted by Crippen LogP contribution is -2.36. The van der Waals surface area contributed by atoms with Gasteiger partial charge in [0.1, 0.15) is 11.6 Å². The molecule has 1 aliphatic heterocycles. The van der Waals surface area contributed by atoms with E-state index in [1.54, 1.807) is 26.8 Å². The van der Waals surface area contributed by atoms with Crippen LogP contribution in [0.5, 0.6) is 0 Å². The van der Waals surface area contributed by atoms with Gasteiger partial charge in [0.25, 0.3) is 0 Å². The number of ketones is 1. The number of nitriles is 1. The predicted molar refractivity (Wildman–Crippen MR) is 114 cm³/mol. The third kappa shape index (κ3) is 4.44. The summed E-state index contributed by atoms with van der Waals surface area (Å²) in [6.45, 7) is 8.44. The lowest BCUT2D eigenvalue weighted by atomic mass is 10.0. The van der Waals surface area contributed by atoms with Gasteiger partial charge in [-0.05, 0) is 50.1 Å². The SMILES string of the molecule is CCOC(=O)c1c(C)[nH]c(C(=O)/C(C#N)=C/c2ccc(N3CCOCC3)cc2)c1C. The average Bonchev–Trinajstić information content (AvgIpc) is 3.06. The van der Waals surface area contributed by atoms with E-state index in [1.807, 2.05) is 30.3 Å². The number of aromatic amines is 1. The maximum Gasteiger partial charge on any atom is 0.340 e. The fourth-order valence-corrected chi connectivity index (χ4v) is 3.54. The monoisotopic (exact) mass is 407 g/mol. The zero-order chi connectivity index (χ0) is 21.7. The molecule has 1 N–H and O–H groups in total. The van der Waals surface area contributed by atoms with Crippen LogP contribution < -0.4 is 4.90 Å². The summed E-state index contributed by atoms with van der Waals surface area (Å²) in [4.78, 5) is 30.3. The Hall–Kier alpha value is -3.37. The number of hydrogen-bond donors (Lipinski definition) is 1. The normalized spacial score (nSPS) is 14.3. The highest BCUT2D eigenvalue weighted by atomic mass is 16.5. The van der Waals surface area contributed by atoms with Gasteiger partial charge in [-0.25, -0.2) is 4.79 Å². The molecule has 30 heavy (non-hydrogen) atoms. The summed E-state index contributed by atoms with van der Waals surface area (Å²) < 4.78 is 10.4. The van der Waals surface area contributed by atoms with Gasteiger partial charge in [0, 0.05) is 24.5 Å². The molecule has 1 aromatic heterocycles. The highest BCUT2D eigenvalue weighted by Gasteiger charge is 2.24. The molecule has 0 saturated carbocycles. The topological polar surface area (TPSA) is 95.4 Å². The Kier molecular flexibility index (Phi) is 6.70. The number of hydrogen-bond acceptors (Lipinski definition) is 6. The molecule has 0 amide bonds. The standard InChI is InChI=1S/C23H25N3O4/c1-4-30-23(28)20-15(2)21(25-16(20)3)22(27)18(14-24)13-17-5-7-19(8-6-17)26-9-11-29-12-10-26/h5-8,13,25H,4,9-12H2,1-3H3/b18-13+. The molecule has 0 bridgehead atoms. The lowest BCUT2D eigenvalue weighted by molar-refractivity contribution is 0.0525. The second-order valence-corrected chi connectivity index (χ2v) is 7.04. The van der Waals surface area contributed by atoms with Gasteiger partial charge in [-0.2, -0.15) is 5.26 Å². The molecule has 0 spiro atoms. The van der Waals surface area contributed by atoms with E-state index < -0.39 is 11.8 Å². The number of carbonyl (C=O) groups excluding carboxylic acids is 2. The maximum atomic E-state index is 13.0. The third-order valence-electron chi connectivity index (χ3n) is 5.09. The van der Waals surface area contributed by atoms with Crippen molar-refractivity contribution < 1.29 is 19.1 Å². The molecule has 0 radical (unpaired) electrons. The van der Waals surface area contributed by atoms with Crippen molar-refractivity contribution >= 4 is 23.5 Å². The molecule has 1 fully saturated rings. The molecule has 2 aromatic rings. The molecule has 3 rings (SSSR count). The van der Waals surface area contributed by atoms with Crippen LogP contribution in [0.25, 0.3) is 6.08 Å². The number of carbonyl (C=O) groups is 2. The Labute approximate surface area is 175 Å². The van der Waals surface area contributed by atoms with Gasteiger partial charge in [0.15, 0.2) is 0 Å². The molecule has 1 aliphatic rings. The van der Waals surface area contributed by atoms with Gasteiger partial charge in [-0.15, -0.1) is 0 Å². The first-order valence-electron chi connectivity index (χ1n) is 9.91. The number of aromatic nitrogens is 1. The van der Waals surface area contributed by atoms with Crippen LogP contribution in [0.3, 0.4) is 0 Å². The van der Waals surface area contributed by atoms with Gasteiger partial charge in [0.2, 0.25) is 5.78 Å². The fourth-order valence-electron chi connectivity index (χ4n) is 3.54. The Morgan fingerprint density at radius 3 is 2.50 bits per heavy atom. The first kappa shape index (κ1) is 21.3. The molecule has 7 heteroatoms. The molecule has 2 heterocycles. The molecule has 0 atom stereocenters. The summed E-state index contributed by atoms with van der Waals surface area (Å²) in [6.07, 6.45) is 1.56. The summed E-state index contributed by atoms with van der Waals surface area (Å²) in [7, 11) is 0. The van der Waals surface area contributed by atoms with Crippen molar-refractivity contribution in [2.45, 2.75) is 20.8 Å². The number of allylic oxidation sites excluding steroid dienone is 1. The van der Waals surface area contributed by atoms with E-state index in [-0.39, 0.29) is 17.9 Å². The van der Waals surface area contributed by atoms with Crippen molar-refractivity contribution in [3.05, 3.63) is 57.9 Å². The quantitative estimate of drug-likeness (QED) is 0.341. The summed E-state index contributed by atoms with van der Waals surface area (Å²) in [5, 5.41) is 9.57. The van der Waals surface area contributed by atoms with E-state index in [0.717, 1.165) is 24.3 Å². The van der Waals surface area contributed by atoms with Crippen LogP contribution in [-0.4, -0.2) is 49.6 Å². The number of nitrogens with zero attached hydrogens (tertiary/aromatic N) is 2. The number of morpholine rings is 1. The van der Waals surface area contributed by atoms with Gasteiger partial charge in [-0.3, -0.25) is 4.79 Å². The smallest absolute Gasteiger partial charge is 0.340 e. The van der Waals surface area contributed by atoms with Gasteiger partial charge >= 0.3 is 5.97 Å². The number of aryl methyl sites for hydroxylation is 1. The summed E-state index contributed by atoms with van der Waals surface area (Å²) in [5.74, 6) is -0.935. The van der Waals surface area contributed by atoms with Gasteiger partial charge in [0.05, 0.1) is 31.1 Å². The van der Waals surface area contributed by atoms with Crippen molar-refractivity contribution in [1.29, 1.82) is 5.26 Å². The van der Waals surface area contributed by atoms with Crippen LogP contribution in [0.4, 0.5) is 5.69 Å². The van der Waals surface area contributed by atoms with Gasteiger partial charge in [-0.1, -0.05) is 12.1 Å². The predicted octanol–water partition coefficient (Wildman–Crippen LogP) is 3.43. The van der Waals surface area contributed by atoms with Crippen LogP contribution >= 0.6 is 0 Å². The van der Waals surface area contributed by atoms with Crippen LogP contribution in [0.2, 0.25) is 0 Å². The lowest BCUT2D eigenvalue weighted by Gasteiger charge is -2.28. The Balaban J connectivity index is 1.84. The van der Waals surface area contributed by atoms with Crippen LogP contribution in [-0.2, 0) is 9.47 Å². The van der Waals surface area contributed by atoms with Crippen molar-refractivity contribution in [2.24, 2.45) is 0 Å². The molecule has 1 saturated heterocycles. The van der Waals surface area contributed by atoms with Crippen molar-refractivity contribution in [3.8, 4) is 6.07 Å². The van der Waals surface area contributed by atoms with E-state index in [1.165, 1.54) is 0 Å². The highest BCUT2D eigenvalue weighted by molar-refractivity contribution is 6.15. The van der Waals surface area contributed by atoms with E-state index in [2.05, 4.69) is 9.88 Å². The Bertz CT molecular complexity index is 1010. The number of benzene rings is 1. The third-order valence-corrected chi connectivity index (χ3v) is 5.09. The van der Waals surface area contributed by atoms with Gasteiger partial charge < -0.3 is 19.4 Å². The number of esters is 1. The minimum Gasteiger partial charge on any atom is -0.462 e. The van der Waals surface area contributed by atoms with Crippen molar-refractivity contribution in [1.82, 2.24) is 4.98 Å². The number of H-pyrrole nitrogens is 1. The van der Waals surface area contributed by atoms with Crippen LogP contribution in [0.15, 0.2) is 29.8 Å². The Morgan fingerprint density at radius 1 is 1.23 bits per heavy atom. The van der Waals surface area contributed by atoms with Crippen molar-refractivity contribution in [3.63, 3.8) is 0 Å². The summed E-state index contributed by atoms with van der Waals surface area (Å²) >= 11 is 0. The zero-order valence-electron chi connectivity index (χ0n) is 17.4. The molecule has 1 aromatic carbocycles. The molecule has 0 unspecified atom stereocenters. The number of Topliss-reactive ketones (excluding diaryl/α,β-unsaturated/α-hetero) is 1. The fraction of sp³-hybridized carbons (Fsp3) is 0.348. The second kappa shape index (κ2) is 9.42. The summed E-state index contributed by atoms with van der Waals surface area (Å²) in [5.41, 5.74) is 3.43. The minimum absolute atomic E-state index is 0.00567. The molecule has 156 valence electrons. The van der Waals surface area contributed by atoms with E-state index in [0.29, 0.717) is 30.0 Å². The van der Waals surface area contributed by atoms with Crippen LogP contribution in [0, 0.1) is 25.2 Å². The highest BCUT2D eigenvalue weighted by Crippen LogP contribution is 2.23. The second-order valence-electron chi connectivity index (χ2n) is 7.04. The Morgan fingerprint density at radius 2 is 1.90 bits per heavy atom. The van der Waals surface area contributed by atoms with E-state index in [9.17, 15) is 14.9 Å². The number of nitrogens with one attached hydrogen (secondary N) is 1. The van der Waals surface area contributed by atoms with Crippen LogP contribution in [0.1, 0.15) is 44.6 Å². The molecular weight excluding hydrogens is 382 g/mol. The minimum atomic E-state index is -0.482. The van der Waals surface area contributed by atoms with E-state index >= 15 is 0 Å². The van der Waals surface area contributed by atoms with Crippen molar-refractivity contribution in [2.75, 3.05) is 37.8 Å². The number of rotatable bonds is 6. The van der Waals surface area contributed by atoms with E-state index in [4.69, 9.17) is 9.47 Å². The molecule has 7 nitrogen and oxygen atoms in total. The summed E-state index contributed by atoms with van der Waals surface area (Å²) in [6, 6.07) is 9.69. The number of ether oxygens (including phenoxy) is 2. The zero-order valence-corrected chi connectivity index (χ0v) is 17.4. The first-order chi connectivity index (χ1) is 14.5. The molecule has 0 aliphatic carbocycles. The maximum absolute atomic E-state index is 13.0. The number of anilines is 1. The molecular formula is C23H25N3O4.